The average molecular weight is 334 g/mol. The Morgan fingerprint density at radius 1 is 1.29 bits per heavy atom. The predicted octanol–water partition coefficient (Wildman–Crippen LogP) is 2.23. The minimum Gasteiger partial charge on any atom is -0.392 e. The molecule has 4 heteroatoms. The monoisotopic (exact) mass is 334 g/mol. The summed E-state index contributed by atoms with van der Waals surface area (Å²) < 4.78 is 0. The zero-order valence-electron chi connectivity index (χ0n) is 15.1. The molecule has 7 atom stereocenters. The molecule has 24 heavy (non-hydrogen) atoms. The van der Waals surface area contributed by atoms with Gasteiger partial charge in [-0.2, -0.15) is 0 Å². The Bertz CT molecular complexity index is 605. The van der Waals surface area contributed by atoms with Gasteiger partial charge >= 0.3 is 0 Å². The number of hydrogen-bond acceptors (Lipinski definition) is 4. The van der Waals surface area contributed by atoms with Crippen LogP contribution in [0.25, 0.3) is 0 Å². The minimum atomic E-state index is -1.72. The molecule has 0 bridgehead atoms. The van der Waals surface area contributed by atoms with Gasteiger partial charge in [-0.1, -0.05) is 33.4 Å². The summed E-state index contributed by atoms with van der Waals surface area (Å²) in [5, 5.41) is 32.4. The molecule has 2 fully saturated rings. The van der Waals surface area contributed by atoms with Crippen LogP contribution >= 0.6 is 0 Å². The van der Waals surface area contributed by atoms with Crippen LogP contribution < -0.4 is 0 Å². The van der Waals surface area contributed by atoms with Gasteiger partial charge in [0.25, 0.3) is 0 Å². The van der Waals surface area contributed by atoms with Gasteiger partial charge in [0.15, 0.2) is 5.78 Å². The molecule has 3 rings (SSSR count). The lowest BCUT2D eigenvalue weighted by atomic mass is 9.77. The molecule has 134 valence electrons. The van der Waals surface area contributed by atoms with E-state index < -0.39 is 23.7 Å². The van der Waals surface area contributed by atoms with Crippen LogP contribution in [0.1, 0.15) is 47.0 Å². The molecule has 0 saturated heterocycles. The molecule has 0 aromatic heterocycles. The van der Waals surface area contributed by atoms with Gasteiger partial charge in [-0.25, -0.2) is 0 Å². The van der Waals surface area contributed by atoms with E-state index in [0.29, 0.717) is 29.4 Å². The Balaban J connectivity index is 2.04. The number of ketones is 1. The minimum absolute atomic E-state index is 0.135. The third-order valence-electron chi connectivity index (χ3n) is 6.99. The van der Waals surface area contributed by atoms with Gasteiger partial charge in [-0.3, -0.25) is 4.79 Å². The second-order valence-corrected chi connectivity index (χ2v) is 8.90. The topological polar surface area (TPSA) is 77.8 Å². The van der Waals surface area contributed by atoms with E-state index in [1.165, 1.54) is 0 Å². The van der Waals surface area contributed by atoms with E-state index in [2.05, 4.69) is 20.4 Å². The van der Waals surface area contributed by atoms with Crippen molar-refractivity contribution in [1.82, 2.24) is 0 Å². The molecule has 0 heterocycles. The standard InChI is InChI=1S/C20H30O4/c1-10-6-7-13-14(19(13,4)5)8-11(2)18(23)20(24)9-12(3)17(22)15(20)16(10)21/h8,12-17,21-22,24H,1,6-7,9H2,2-5H3/b11-8-/t12-,13-,14+,15-,16-,17-,20+/m1/s1. The van der Waals surface area contributed by atoms with Crippen LogP contribution in [-0.2, 0) is 4.79 Å². The summed E-state index contributed by atoms with van der Waals surface area (Å²) in [6.07, 6.45) is 1.75. The summed E-state index contributed by atoms with van der Waals surface area (Å²) in [6.45, 7) is 11.9. The highest BCUT2D eigenvalue weighted by molar-refractivity contribution is 6.02. The first-order valence-corrected chi connectivity index (χ1v) is 9.01. The molecule has 3 aliphatic carbocycles. The summed E-state index contributed by atoms with van der Waals surface area (Å²) in [5.74, 6) is -0.729. The first-order chi connectivity index (χ1) is 11.0. The van der Waals surface area contributed by atoms with E-state index in [4.69, 9.17) is 0 Å². The number of aliphatic hydroxyl groups is 3. The highest BCUT2D eigenvalue weighted by atomic mass is 16.3. The van der Waals surface area contributed by atoms with Crippen LogP contribution in [0.15, 0.2) is 23.8 Å². The van der Waals surface area contributed by atoms with E-state index in [1.54, 1.807) is 6.92 Å². The van der Waals surface area contributed by atoms with Crippen LogP contribution in [0.4, 0.5) is 0 Å². The Morgan fingerprint density at radius 3 is 2.54 bits per heavy atom. The Kier molecular flexibility index (Phi) is 4.10. The zero-order valence-corrected chi connectivity index (χ0v) is 15.1. The second-order valence-electron chi connectivity index (χ2n) is 8.90. The SMILES string of the molecule is C=C1CC[C@@H]2[C@H](/C=C(/C)C(=O)[C@]3(O)C[C@@H](C)[C@@H](O)[C@H]3[C@@H]1O)C2(C)C. The summed E-state index contributed by atoms with van der Waals surface area (Å²) >= 11 is 0. The number of fused-ring (bicyclic) bond motifs is 2. The maximum atomic E-state index is 13.0. The van der Waals surface area contributed by atoms with Gasteiger partial charge in [-0.15, -0.1) is 0 Å². The van der Waals surface area contributed by atoms with Gasteiger partial charge in [0.05, 0.1) is 18.1 Å². The molecule has 0 aromatic rings. The number of rotatable bonds is 0. The molecule has 0 aromatic carbocycles. The largest absolute Gasteiger partial charge is 0.392 e. The normalized spacial score (nSPS) is 50.4. The fourth-order valence-electron chi connectivity index (χ4n) is 5.17. The molecule has 0 spiro atoms. The van der Waals surface area contributed by atoms with E-state index in [9.17, 15) is 20.1 Å². The van der Waals surface area contributed by atoms with Gasteiger partial charge in [0.2, 0.25) is 0 Å². The quantitative estimate of drug-likeness (QED) is 0.594. The molecule has 4 nitrogen and oxygen atoms in total. The van der Waals surface area contributed by atoms with Crippen molar-refractivity contribution < 1.29 is 20.1 Å². The van der Waals surface area contributed by atoms with Gasteiger partial charge in [0, 0.05) is 0 Å². The van der Waals surface area contributed by atoms with E-state index in [-0.39, 0.29) is 23.5 Å². The lowest BCUT2D eigenvalue weighted by Crippen LogP contribution is -2.50. The molecular weight excluding hydrogens is 304 g/mol. The fourth-order valence-corrected chi connectivity index (χ4v) is 5.17. The number of aliphatic hydroxyl groups excluding tert-OH is 2. The number of Topliss-reactive ketones (excluding diaryl/α,β-unsaturated/α-hetero) is 1. The molecule has 3 N–H and O–H groups in total. The van der Waals surface area contributed by atoms with Crippen LogP contribution in [0.2, 0.25) is 0 Å². The van der Waals surface area contributed by atoms with Gasteiger partial charge in [0.1, 0.15) is 5.60 Å². The van der Waals surface area contributed by atoms with Crippen molar-refractivity contribution in [3.63, 3.8) is 0 Å². The molecule has 3 aliphatic rings. The molecule has 0 radical (unpaired) electrons. The molecule has 0 aliphatic heterocycles. The fraction of sp³-hybridized carbons (Fsp3) is 0.750. The molecule has 0 amide bonds. The van der Waals surface area contributed by atoms with Crippen molar-refractivity contribution in [3.05, 3.63) is 23.8 Å². The second kappa shape index (κ2) is 5.52. The van der Waals surface area contributed by atoms with Crippen molar-refractivity contribution in [2.45, 2.75) is 64.8 Å². The lowest BCUT2D eigenvalue weighted by molar-refractivity contribution is -0.144. The number of allylic oxidation sites excluding steroid dienone is 1. The first-order valence-electron chi connectivity index (χ1n) is 9.01. The molecule has 0 unspecified atom stereocenters. The Morgan fingerprint density at radius 2 is 1.92 bits per heavy atom. The average Bonchev–Trinajstić information content (AvgIpc) is 2.91. The number of carbonyl (C=O) groups excluding carboxylic acids is 1. The maximum Gasteiger partial charge on any atom is 0.190 e. The van der Waals surface area contributed by atoms with Gasteiger partial charge in [-0.05, 0) is 60.5 Å². The van der Waals surface area contributed by atoms with Crippen molar-refractivity contribution in [3.8, 4) is 0 Å². The summed E-state index contributed by atoms with van der Waals surface area (Å²) in [6, 6.07) is 0. The predicted molar refractivity (Wildman–Crippen MR) is 92.1 cm³/mol. The van der Waals surface area contributed by atoms with E-state index in [0.717, 1.165) is 6.42 Å². The third kappa shape index (κ3) is 2.42. The van der Waals surface area contributed by atoms with Crippen molar-refractivity contribution in [2.24, 2.45) is 29.1 Å². The summed E-state index contributed by atoms with van der Waals surface area (Å²) in [5.41, 5.74) is -0.429. The lowest BCUT2D eigenvalue weighted by Gasteiger charge is -2.34. The maximum absolute atomic E-state index is 13.0. The molecule has 2 saturated carbocycles. The number of hydrogen-bond donors (Lipinski definition) is 3. The summed E-state index contributed by atoms with van der Waals surface area (Å²) in [7, 11) is 0. The summed E-state index contributed by atoms with van der Waals surface area (Å²) in [4.78, 5) is 13.0. The van der Waals surface area contributed by atoms with Crippen molar-refractivity contribution >= 4 is 5.78 Å². The van der Waals surface area contributed by atoms with Gasteiger partial charge < -0.3 is 15.3 Å². The van der Waals surface area contributed by atoms with Crippen LogP contribution in [0.3, 0.4) is 0 Å². The Hall–Kier alpha value is -0.970. The van der Waals surface area contributed by atoms with Crippen molar-refractivity contribution in [1.29, 1.82) is 0 Å². The van der Waals surface area contributed by atoms with Crippen LogP contribution in [0.5, 0.6) is 0 Å². The smallest absolute Gasteiger partial charge is 0.190 e. The highest BCUT2D eigenvalue weighted by Gasteiger charge is 2.60. The van der Waals surface area contributed by atoms with Crippen LogP contribution in [0, 0.1) is 29.1 Å². The van der Waals surface area contributed by atoms with Crippen molar-refractivity contribution in [2.75, 3.05) is 0 Å². The number of carbonyl (C=O) groups is 1. The molecular formula is C20H30O4. The Labute approximate surface area is 144 Å². The third-order valence-corrected chi connectivity index (χ3v) is 6.99. The zero-order chi connectivity index (χ0) is 18.0. The first kappa shape index (κ1) is 17.8. The van der Waals surface area contributed by atoms with E-state index in [1.807, 2.05) is 13.0 Å². The van der Waals surface area contributed by atoms with E-state index >= 15 is 0 Å². The highest BCUT2D eigenvalue weighted by Crippen LogP contribution is 2.62. The van der Waals surface area contributed by atoms with Crippen LogP contribution in [-0.4, -0.2) is 38.9 Å².